The predicted octanol–water partition coefficient (Wildman–Crippen LogP) is -0.237. The minimum Gasteiger partial charge on any atom is -0.395 e. The standard InChI is InChI=1S/C12H25N3O3S/c16-11-10-15(12-4-2-1-3-5-12)19(17,18)14-8-6-13-7-9-14/h12-13,16H,1-11H2. The quantitative estimate of drug-likeness (QED) is 0.733. The van der Waals surface area contributed by atoms with E-state index in [0.29, 0.717) is 26.2 Å². The maximum atomic E-state index is 12.7. The van der Waals surface area contributed by atoms with Crippen molar-refractivity contribution in [2.75, 3.05) is 39.3 Å². The lowest BCUT2D eigenvalue weighted by molar-refractivity contribution is 0.186. The van der Waals surface area contributed by atoms with Gasteiger partial charge in [0.25, 0.3) is 10.2 Å². The van der Waals surface area contributed by atoms with Crippen LogP contribution in [0.3, 0.4) is 0 Å². The molecule has 2 N–H and O–H groups in total. The number of hydrogen-bond acceptors (Lipinski definition) is 4. The molecule has 1 heterocycles. The summed E-state index contributed by atoms with van der Waals surface area (Å²) in [6.45, 7) is 2.57. The molecule has 0 amide bonds. The van der Waals surface area contributed by atoms with E-state index in [1.54, 1.807) is 4.31 Å². The minimum atomic E-state index is -3.42. The first-order valence-corrected chi connectivity index (χ1v) is 8.64. The Morgan fingerprint density at radius 2 is 1.79 bits per heavy atom. The Morgan fingerprint density at radius 1 is 1.16 bits per heavy atom. The molecule has 19 heavy (non-hydrogen) atoms. The Bertz CT molecular complexity index is 362. The second-order valence-electron chi connectivity index (χ2n) is 5.28. The third kappa shape index (κ3) is 3.66. The van der Waals surface area contributed by atoms with E-state index in [1.165, 1.54) is 10.7 Å². The van der Waals surface area contributed by atoms with Crippen LogP contribution in [0.4, 0.5) is 0 Å². The molecule has 0 spiro atoms. The van der Waals surface area contributed by atoms with Crippen molar-refractivity contribution in [3.05, 3.63) is 0 Å². The number of rotatable bonds is 5. The third-order valence-corrected chi connectivity index (χ3v) is 6.09. The lowest BCUT2D eigenvalue weighted by Crippen LogP contribution is -2.55. The molecular formula is C12H25N3O3S. The number of nitrogens with zero attached hydrogens (tertiary/aromatic N) is 2. The number of aliphatic hydroxyl groups is 1. The Balaban J connectivity index is 2.11. The van der Waals surface area contributed by atoms with Crippen molar-refractivity contribution in [3.8, 4) is 0 Å². The molecular weight excluding hydrogens is 266 g/mol. The second-order valence-corrected chi connectivity index (χ2v) is 7.16. The average Bonchev–Trinajstić information content (AvgIpc) is 2.46. The summed E-state index contributed by atoms with van der Waals surface area (Å²) in [5.41, 5.74) is 0. The first kappa shape index (κ1) is 15.2. The third-order valence-electron chi connectivity index (χ3n) is 4.00. The minimum absolute atomic E-state index is 0.0702. The van der Waals surface area contributed by atoms with Gasteiger partial charge in [-0.25, -0.2) is 0 Å². The molecule has 0 aromatic carbocycles. The zero-order valence-corrected chi connectivity index (χ0v) is 12.2. The highest BCUT2D eigenvalue weighted by Crippen LogP contribution is 2.25. The van der Waals surface area contributed by atoms with Crippen LogP contribution < -0.4 is 5.32 Å². The maximum absolute atomic E-state index is 12.7. The summed E-state index contributed by atoms with van der Waals surface area (Å²) in [6, 6.07) is 0.0702. The van der Waals surface area contributed by atoms with Gasteiger partial charge in [0.2, 0.25) is 0 Å². The van der Waals surface area contributed by atoms with Crippen LogP contribution >= 0.6 is 0 Å². The first-order valence-electron chi connectivity index (χ1n) is 7.25. The average molecular weight is 291 g/mol. The Hall–Kier alpha value is -0.210. The largest absolute Gasteiger partial charge is 0.395 e. The first-order chi connectivity index (χ1) is 9.16. The summed E-state index contributed by atoms with van der Waals surface area (Å²) in [5.74, 6) is 0. The summed E-state index contributed by atoms with van der Waals surface area (Å²) in [7, 11) is -3.42. The van der Waals surface area contributed by atoms with Gasteiger partial charge in [0.05, 0.1) is 6.61 Å². The van der Waals surface area contributed by atoms with Gasteiger partial charge >= 0.3 is 0 Å². The van der Waals surface area contributed by atoms with Gasteiger partial charge in [-0.3, -0.25) is 0 Å². The van der Waals surface area contributed by atoms with Crippen LogP contribution in [0.5, 0.6) is 0 Å². The Morgan fingerprint density at radius 3 is 2.37 bits per heavy atom. The molecule has 2 fully saturated rings. The lowest BCUT2D eigenvalue weighted by atomic mass is 9.95. The molecule has 2 aliphatic rings. The highest BCUT2D eigenvalue weighted by atomic mass is 32.2. The Labute approximate surface area is 116 Å². The van der Waals surface area contributed by atoms with E-state index in [1.807, 2.05) is 0 Å². The monoisotopic (exact) mass is 291 g/mol. The molecule has 0 unspecified atom stereocenters. The van der Waals surface area contributed by atoms with E-state index in [2.05, 4.69) is 5.32 Å². The van der Waals surface area contributed by atoms with E-state index in [-0.39, 0.29) is 19.2 Å². The molecule has 112 valence electrons. The molecule has 0 aromatic heterocycles. The van der Waals surface area contributed by atoms with Crippen molar-refractivity contribution in [2.24, 2.45) is 0 Å². The summed E-state index contributed by atoms with van der Waals surface area (Å²) >= 11 is 0. The molecule has 6 nitrogen and oxygen atoms in total. The van der Waals surface area contributed by atoms with Crippen LogP contribution in [0.1, 0.15) is 32.1 Å². The topological polar surface area (TPSA) is 72.9 Å². The molecule has 1 saturated carbocycles. The Kier molecular flexibility index (Phi) is 5.58. The van der Waals surface area contributed by atoms with Gasteiger partial charge in [0, 0.05) is 38.8 Å². The van der Waals surface area contributed by atoms with Crippen molar-refractivity contribution in [3.63, 3.8) is 0 Å². The van der Waals surface area contributed by atoms with E-state index < -0.39 is 10.2 Å². The van der Waals surface area contributed by atoms with Crippen molar-refractivity contribution in [1.29, 1.82) is 0 Å². The van der Waals surface area contributed by atoms with Gasteiger partial charge in [-0.15, -0.1) is 0 Å². The van der Waals surface area contributed by atoms with Gasteiger partial charge in [-0.2, -0.15) is 17.0 Å². The van der Waals surface area contributed by atoms with E-state index in [4.69, 9.17) is 0 Å². The van der Waals surface area contributed by atoms with Crippen LogP contribution in [0.25, 0.3) is 0 Å². The van der Waals surface area contributed by atoms with Gasteiger partial charge in [-0.1, -0.05) is 19.3 Å². The summed E-state index contributed by atoms with van der Waals surface area (Å²) in [4.78, 5) is 0. The highest BCUT2D eigenvalue weighted by Gasteiger charge is 2.35. The lowest BCUT2D eigenvalue weighted by Gasteiger charge is -2.37. The van der Waals surface area contributed by atoms with Crippen LogP contribution in [-0.4, -0.2) is 67.5 Å². The van der Waals surface area contributed by atoms with Crippen molar-refractivity contribution in [2.45, 2.75) is 38.1 Å². The molecule has 0 radical (unpaired) electrons. The summed E-state index contributed by atoms with van der Waals surface area (Å²) in [6.07, 6.45) is 5.21. The zero-order valence-electron chi connectivity index (χ0n) is 11.4. The number of nitrogens with one attached hydrogen (secondary N) is 1. The number of piperazine rings is 1. The second kappa shape index (κ2) is 6.99. The molecule has 7 heteroatoms. The molecule has 1 aliphatic heterocycles. The molecule has 1 saturated heterocycles. The van der Waals surface area contributed by atoms with Gasteiger partial charge in [0.15, 0.2) is 0 Å². The van der Waals surface area contributed by atoms with Gasteiger partial charge in [0.1, 0.15) is 0 Å². The van der Waals surface area contributed by atoms with Crippen molar-refractivity contribution < 1.29 is 13.5 Å². The smallest absolute Gasteiger partial charge is 0.282 e. The number of hydrogen-bond donors (Lipinski definition) is 2. The van der Waals surface area contributed by atoms with Crippen LogP contribution in [-0.2, 0) is 10.2 Å². The van der Waals surface area contributed by atoms with E-state index >= 15 is 0 Å². The van der Waals surface area contributed by atoms with Crippen LogP contribution in [0.2, 0.25) is 0 Å². The number of aliphatic hydroxyl groups excluding tert-OH is 1. The molecule has 0 bridgehead atoms. The van der Waals surface area contributed by atoms with Crippen molar-refractivity contribution >= 4 is 10.2 Å². The summed E-state index contributed by atoms with van der Waals surface area (Å²) < 4.78 is 28.5. The fourth-order valence-electron chi connectivity index (χ4n) is 2.98. The highest BCUT2D eigenvalue weighted by molar-refractivity contribution is 7.86. The fourth-order valence-corrected chi connectivity index (χ4v) is 4.82. The predicted molar refractivity (Wildman–Crippen MR) is 74.0 cm³/mol. The van der Waals surface area contributed by atoms with Crippen LogP contribution in [0, 0.1) is 0 Å². The molecule has 0 aromatic rings. The van der Waals surface area contributed by atoms with Gasteiger partial charge in [-0.05, 0) is 12.8 Å². The molecule has 0 atom stereocenters. The van der Waals surface area contributed by atoms with E-state index in [9.17, 15) is 13.5 Å². The van der Waals surface area contributed by atoms with E-state index in [0.717, 1.165) is 25.7 Å². The zero-order chi connectivity index (χ0) is 13.7. The fraction of sp³-hybridized carbons (Fsp3) is 1.00. The SMILES string of the molecule is O=S(=O)(N1CCNCC1)N(CCO)C1CCCCC1. The maximum Gasteiger partial charge on any atom is 0.282 e. The van der Waals surface area contributed by atoms with Crippen molar-refractivity contribution in [1.82, 2.24) is 13.9 Å². The molecule has 2 rings (SSSR count). The normalized spacial score (nSPS) is 23.9. The molecule has 1 aliphatic carbocycles. The summed E-state index contributed by atoms with van der Waals surface area (Å²) in [5, 5.41) is 12.4. The van der Waals surface area contributed by atoms with Gasteiger partial charge < -0.3 is 10.4 Å². The van der Waals surface area contributed by atoms with Crippen LogP contribution in [0.15, 0.2) is 0 Å².